The van der Waals surface area contributed by atoms with E-state index in [2.05, 4.69) is 22.0 Å². The van der Waals surface area contributed by atoms with Gasteiger partial charge in [0.15, 0.2) is 9.84 Å². The van der Waals surface area contributed by atoms with Gasteiger partial charge in [0.05, 0.1) is 18.6 Å². The molecule has 0 aromatic heterocycles. The van der Waals surface area contributed by atoms with Crippen LogP contribution >= 0.6 is 15.9 Å². The second kappa shape index (κ2) is 5.21. The van der Waals surface area contributed by atoms with Gasteiger partial charge in [-0.1, -0.05) is 33.6 Å². The molecule has 0 spiro atoms. The molecule has 3 nitrogen and oxygen atoms in total. The highest BCUT2D eigenvalue weighted by Gasteiger charge is 2.34. The van der Waals surface area contributed by atoms with Crippen molar-refractivity contribution in [3.05, 3.63) is 29.3 Å². The van der Waals surface area contributed by atoms with E-state index >= 15 is 0 Å². The third kappa shape index (κ3) is 2.88. The minimum Gasteiger partial charge on any atom is -0.496 e. The van der Waals surface area contributed by atoms with Crippen LogP contribution in [0.4, 0.5) is 0 Å². The van der Waals surface area contributed by atoms with Gasteiger partial charge in [-0.05, 0) is 25.3 Å². The Morgan fingerprint density at radius 3 is 2.72 bits per heavy atom. The zero-order valence-electron chi connectivity index (χ0n) is 10.5. The number of hydrogen-bond acceptors (Lipinski definition) is 3. The molecule has 1 aliphatic rings. The number of ether oxygens (including phenoxy) is 1. The molecule has 2 rings (SSSR count). The van der Waals surface area contributed by atoms with E-state index in [0.717, 1.165) is 23.3 Å². The summed E-state index contributed by atoms with van der Waals surface area (Å²) in [5.74, 6) is 1.51. The Hall–Kier alpha value is -0.550. The topological polar surface area (TPSA) is 43.4 Å². The van der Waals surface area contributed by atoms with Crippen LogP contribution in [0.2, 0.25) is 0 Å². The Labute approximate surface area is 117 Å². The third-order valence-corrected chi connectivity index (χ3v) is 6.40. The number of benzene rings is 1. The molecule has 0 aliphatic carbocycles. The number of alkyl halides is 1. The van der Waals surface area contributed by atoms with E-state index in [1.165, 1.54) is 0 Å². The zero-order valence-corrected chi connectivity index (χ0v) is 12.9. The fourth-order valence-electron chi connectivity index (χ4n) is 2.38. The largest absolute Gasteiger partial charge is 0.496 e. The molecule has 0 radical (unpaired) electrons. The van der Waals surface area contributed by atoms with E-state index in [1.807, 2.05) is 19.1 Å². The van der Waals surface area contributed by atoms with Gasteiger partial charge in [-0.25, -0.2) is 8.42 Å². The Morgan fingerprint density at radius 1 is 1.44 bits per heavy atom. The maximum Gasteiger partial charge on any atom is 0.150 e. The van der Waals surface area contributed by atoms with Gasteiger partial charge in [0.25, 0.3) is 0 Å². The Morgan fingerprint density at radius 2 is 2.17 bits per heavy atom. The number of rotatable bonds is 3. The molecule has 2 atom stereocenters. The maximum absolute atomic E-state index is 11.5. The zero-order chi connectivity index (χ0) is 13.3. The van der Waals surface area contributed by atoms with E-state index in [1.54, 1.807) is 7.11 Å². The van der Waals surface area contributed by atoms with Gasteiger partial charge in [0.1, 0.15) is 5.75 Å². The van der Waals surface area contributed by atoms with Gasteiger partial charge in [-0.2, -0.15) is 0 Å². The van der Waals surface area contributed by atoms with Crippen molar-refractivity contribution in [3.8, 4) is 5.75 Å². The molecule has 18 heavy (non-hydrogen) atoms. The van der Waals surface area contributed by atoms with Crippen molar-refractivity contribution >= 4 is 25.8 Å². The quantitative estimate of drug-likeness (QED) is 0.799. The number of halogens is 1. The molecule has 0 bridgehead atoms. The van der Waals surface area contributed by atoms with Crippen molar-refractivity contribution in [2.24, 2.45) is 5.92 Å². The normalized spacial score (nSPS) is 23.8. The van der Waals surface area contributed by atoms with Gasteiger partial charge in [0.2, 0.25) is 0 Å². The van der Waals surface area contributed by atoms with Crippen molar-refractivity contribution in [2.75, 3.05) is 18.6 Å². The molecular weight excluding hydrogens is 316 g/mol. The highest BCUT2D eigenvalue weighted by molar-refractivity contribution is 9.09. The van der Waals surface area contributed by atoms with Crippen LogP contribution in [0, 0.1) is 12.8 Å². The number of methoxy groups -OCH3 is 1. The lowest BCUT2D eigenvalue weighted by molar-refractivity contribution is 0.405. The molecule has 1 fully saturated rings. The Bertz CT molecular complexity index is 539. The predicted octanol–water partition coefficient (Wildman–Crippen LogP) is 2.87. The fourth-order valence-corrected chi connectivity index (χ4v) is 5.27. The van der Waals surface area contributed by atoms with E-state index < -0.39 is 9.84 Å². The molecule has 5 heteroatoms. The second-order valence-corrected chi connectivity index (χ2v) is 8.03. The molecule has 0 N–H and O–H groups in total. The van der Waals surface area contributed by atoms with Crippen LogP contribution in [0.1, 0.15) is 22.4 Å². The van der Waals surface area contributed by atoms with Crippen molar-refractivity contribution in [1.29, 1.82) is 0 Å². The Balaban J connectivity index is 2.28. The number of sulfone groups is 1. The smallest absolute Gasteiger partial charge is 0.150 e. The first kappa shape index (κ1) is 13.9. The molecule has 0 amide bonds. The molecule has 2 unspecified atom stereocenters. The van der Waals surface area contributed by atoms with Crippen LogP contribution in [0.5, 0.6) is 5.75 Å². The van der Waals surface area contributed by atoms with E-state index in [9.17, 15) is 8.42 Å². The molecule has 1 aromatic carbocycles. The van der Waals surface area contributed by atoms with Crippen molar-refractivity contribution in [3.63, 3.8) is 0 Å². The lowest BCUT2D eigenvalue weighted by atomic mass is 9.97. The van der Waals surface area contributed by atoms with E-state index in [0.29, 0.717) is 5.75 Å². The summed E-state index contributed by atoms with van der Waals surface area (Å²) in [4.78, 5) is 0.0321. The summed E-state index contributed by atoms with van der Waals surface area (Å²) in [6.07, 6.45) is 0.718. The van der Waals surface area contributed by atoms with Gasteiger partial charge >= 0.3 is 0 Å². The lowest BCUT2D eigenvalue weighted by Crippen LogP contribution is -2.11. The van der Waals surface area contributed by atoms with E-state index in [4.69, 9.17) is 4.74 Å². The molecule has 0 saturated carbocycles. The molecular formula is C13H17BrO3S. The van der Waals surface area contributed by atoms with Crippen LogP contribution in [-0.2, 0) is 9.84 Å². The van der Waals surface area contributed by atoms with Crippen LogP contribution in [0.25, 0.3) is 0 Å². The summed E-state index contributed by atoms with van der Waals surface area (Å²) >= 11 is 3.65. The van der Waals surface area contributed by atoms with Crippen molar-refractivity contribution < 1.29 is 13.2 Å². The highest BCUT2D eigenvalue weighted by Crippen LogP contribution is 2.41. The van der Waals surface area contributed by atoms with Crippen LogP contribution in [0.3, 0.4) is 0 Å². The fraction of sp³-hybridized carbons (Fsp3) is 0.538. The van der Waals surface area contributed by atoms with Gasteiger partial charge < -0.3 is 4.74 Å². The summed E-state index contributed by atoms with van der Waals surface area (Å²) in [5, 5.41) is 0. The second-order valence-electron chi connectivity index (χ2n) is 4.81. The number of aryl methyl sites for hydroxylation is 1. The molecule has 1 aliphatic heterocycles. The monoisotopic (exact) mass is 332 g/mol. The molecule has 100 valence electrons. The first-order chi connectivity index (χ1) is 8.43. The van der Waals surface area contributed by atoms with Crippen LogP contribution in [0.15, 0.2) is 18.2 Å². The van der Waals surface area contributed by atoms with E-state index in [-0.39, 0.29) is 16.5 Å². The van der Waals surface area contributed by atoms with Crippen LogP contribution in [-0.4, -0.2) is 27.0 Å². The lowest BCUT2D eigenvalue weighted by Gasteiger charge is -2.19. The SMILES string of the molecule is COc1ccc(C)cc1C(Br)C1CCS(=O)(=O)C1. The van der Waals surface area contributed by atoms with Crippen molar-refractivity contribution in [2.45, 2.75) is 18.2 Å². The maximum atomic E-state index is 11.5. The summed E-state index contributed by atoms with van der Waals surface area (Å²) in [6, 6.07) is 5.99. The first-order valence-electron chi connectivity index (χ1n) is 5.92. The third-order valence-electron chi connectivity index (χ3n) is 3.36. The van der Waals surface area contributed by atoms with Gasteiger partial charge in [-0.15, -0.1) is 0 Å². The minimum absolute atomic E-state index is 0.0321. The molecule has 1 heterocycles. The average molecular weight is 333 g/mol. The minimum atomic E-state index is -2.85. The van der Waals surface area contributed by atoms with Crippen LogP contribution < -0.4 is 4.74 Å². The highest BCUT2D eigenvalue weighted by atomic mass is 79.9. The first-order valence-corrected chi connectivity index (χ1v) is 8.65. The average Bonchev–Trinajstić information content (AvgIpc) is 2.68. The summed E-state index contributed by atoms with van der Waals surface area (Å²) in [6.45, 7) is 2.02. The van der Waals surface area contributed by atoms with Gasteiger partial charge in [-0.3, -0.25) is 0 Å². The number of hydrogen-bond donors (Lipinski definition) is 0. The Kier molecular flexibility index (Phi) is 4.02. The van der Waals surface area contributed by atoms with Gasteiger partial charge in [0, 0.05) is 10.4 Å². The summed E-state index contributed by atoms with van der Waals surface area (Å²) in [7, 11) is -1.21. The molecule has 1 aromatic rings. The summed E-state index contributed by atoms with van der Waals surface area (Å²) in [5.41, 5.74) is 2.19. The summed E-state index contributed by atoms with van der Waals surface area (Å²) < 4.78 is 28.4. The molecule has 1 saturated heterocycles. The van der Waals surface area contributed by atoms with Crippen molar-refractivity contribution in [1.82, 2.24) is 0 Å². The standard InChI is InChI=1S/C13H17BrO3S/c1-9-3-4-12(17-2)11(7-9)13(14)10-5-6-18(15,16)8-10/h3-4,7,10,13H,5-6,8H2,1-2H3. The predicted molar refractivity (Wildman–Crippen MR) is 76.2 cm³/mol.